The van der Waals surface area contributed by atoms with Crippen molar-refractivity contribution in [2.45, 2.75) is 37.6 Å². The SMILES string of the molecule is C/C=S(\CCCCO)c1nc(-c2ccc(=O)n(Cc3ccc(OC)c(OC)c3)c2)cc(C(F)(F)F)n1. The van der Waals surface area contributed by atoms with Crippen LogP contribution in [0.5, 0.6) is 11.5 Å². The van der Waals surface area contributed by atoms with Crippen molar-refractivity contribution in [3.8, 4) is 22.8 Å². The number of ether oxygens (including phenoxy) is 2. The number of unbranched alkanes of at least 4 members (excludes halogenated alkanes) is 1. The molecule has 0 saturated heterocycles. The maximum absolute atomic E-state index is 13.7. The van der Waals surface area contributed by atoms with Gasteiger partial charge in [-0.1, -0.05) is 11.4 Å². The smallest absolute Gasteiger partial charge is 0.433 e. The summed E-state index contributed by atoms with van der Waals surface area (Å²) in [6, 6.07) is 8.89. The number of pyridine rings is 1. The van der Waals surface area contributed by atoms with Gasteiger partial charge in [-0.3, -0.25) is 4.79 Å². The normalized spacial score (nSPS) is 12.5. The van der Waals surface area contributed by atoms with Gasteiger partial charge < -0.3 is 19.1 Å². The van der Waals surface area contributed by atoms with E-state index in [-0.39, 0.29) is 29.6 Å². The van der Waals surface area contributed by atoms with Gasteiger partial charge in [-0.05, 0) is 55.3 Å². The van der Waals surface area contributed by atoms with Crippen LogP contribution in [0.15, 0.2) is 52.5 Å². The van der Waals surface area contributed by atoms with Gasteiger partial charge >= 0.3 is 6.18 Å². The number of hydrogen-bond donors (Lipinski definition) is 1. The molecule has 11 heteroatoms. The Balaban J connectivity index is 2.04. The molecule has 0 fully saturated rings. The van der Waals surface area contributed by atoms with Crippen molar-refractivity contribution >= 4 is 15.9 Å². The number of hydrogen-bond acceptors (Lipinski definition) is 6. The molecular weight excluding hydrogens is 495 g/mol. The van der Waals surface area contributed by atoms with E-state index in [1.807, 2.05) is 0 Å². The van der Waals surface area contributed by atoms with E-state index in [2.05, 4.69) is 9.97 Å². The average Bonchev–Trinajstić information content (AvgIpc) is 2.87. The number of aliphatic hydroxyl groups is 1. The molecule has 7 nitrogen and oxygen atoms in total. The molecule has 0 radical (unpaired) electrons. The predicted octanol–water partition coefficient (Wildman–Crippen LogP) is 4.61. The summed E-state index contributed by atoms with van der Waals surface area (Å²) in [4.78, 5) is 20.8. The van der Waals surface area contributed by atoms with Gasteiger partial charge in [-0.15, -0.1) is 10.5 Å². The van der Waals surface area contributed by atoms with Crippen molar-refractivity contribution in [2.75, 3.05) is 26.6 Å². The highest BCUT2D eigenvalue weighted by atomic mass is 32.2. The van der Waals surface area contributed by atoms with E-state index in [0.29, 0.717) is 35.7 Å². The summed E-state index contributed by atoms with van der Waals surface area (Å²) in [5, 5.41) is 10.9. The van der Waals surface area contributed by atoms with Gasteiger partial charge in [0.1, 0.15) is 5.69 Å². The zero-order valence-corrected chi connectivity index (χ0v) is 21.0. The Kier molecular flexibility index (Phi) is 9.27. The molecule has 0 aliphatic rings. The first-order valence-electron chi connectivity index (χ1n) is 11.2. The number of aromatic nitrogens is 3. The quantitative estimate of drug-likeness (QED) is 0.237. The molecule has 0 bridgehead atoms. The van der Waals surface area contributed by atoms with Gasteiger partial charge in [0, 0.05) is 24.4 Å². The third-order valence-corrected chi connectivity index (χ3v) is 7.32. The van der Waals surface area contributed by atoms with E-state index in [4.69, 9.17) is 14.6 Å². The first-order chi connectivity index (χ1) is 17.2. The fourth-order valence-corrected chi connectivity index (χ4v) is 5.08. The van der Waals surface area contributed by atoms with Crippen molar-refractivity contribution in [3.63, 3.8) is 0 Å². The van der Waals surface area contributed by atoms with Gasteiger partial charge in [-0.25, -0.2) is 9.97 Å². The summed E-state index contributed by atoms with van der Waals surface area (Å²) in [6.07, 6.45) is -1.99. The second-order valence-electron chi connectivity index (χ2n) is 7.79. The topological polar surface area (TPSA) is 86.5 Å². The van der Waals surface area contributed by atoms with E-state index < -0.39 is 22.4 Å². The first kappa shape index (κ1) is 27.4. The van der Waals surface area contributed by atoms with Crippen LogP contribution in [0.3, 0.4) is 0 Å². The lowest BCUT2D eigenvalue weighted by Gasteiger charge is -2.14. The zero-order chi connectivity index (χ0) is 26.3. The molecule has 3 rings (SSSR count). The third-order valence-electron chi connectivity index (χ3n) is 5.37. The van der Waals surface area contributed by atoms with E-state index in [1.54, 1.807) is 30.5 Å². The monoisotopic (exact) mass is 523 g/mol. The number of methoxy groups -OCH3 is 2. The maximum atomic E-state index is 13.7. The highest BCUT2D eigenvalue weighted by Crippen LogP contribution is 2.34. The lowest BCUT2D eigenvalue weighted by atomic mass is 10.1. The predicted molar refractivity (Wildman–Crippen MR) is 134 cm³/mol. The van der Waals surface area contributed by atoms with Crippen molar-refractivity contribution in [1.29, 1.82) is 0 Å². The molecule has 2 heterocycles. The van der Waals surface area contributed by atoms with Gasteiger partial charge in [-0.2, -0.15) is 13.2 Å². The highest BCUT2D eigenvalue weighted by Gasteiger charge is 2.34. The summed E-state index contributed by atoms with van der Waals surface area (Å²) in [7, 11) is 2.30. The molecule has 0 aliphatic heterocycles. The van der Waals surface area contributed by atoms with Crippen LogP contribution in [-0.4, -0.2) is 51.6 Å². The molecule has 1 N–H and O–H groups in total. The van der Waals surface area contributed by atoms with Crippen molar-refractivity contribution < 1.29 is 27.8 Å². The Morgan fingerprint density at radius 1 is 1.06 bits per heavy atom. The molecule has 1 unspecified atom stereocenters. The molecule has 0 spiro atoms. The number of halogens is 3. The molecule has 3 aromatic rings. The highest BCUT2D eigenvalue weighted by molar-refractivity contribution is 8.14. The number of nitrogens with zero attached hydrogens (tertiary/aromatic N) is 3. The van der Waals surface area contributed by atoms with Crippen LogP contribution in [-0.2, 0) is 12.7 Å². The minimum atomic E-state index is -4.66. The Bertz CT molecular complexity index is 1290. The molecule has 0 amide bonds. The molecule has 194 valence electrons. The lowest BCUT2D eigenvalue weighted by molar-refractivity contribution is -0.141. The number of alkyl halides is 3. The lowest BCUT2D eigenvalue weighted by Crippen LogP contribution is -2.19. The van der Waals surface area contributed by atoms with Gasteiger partial charge in [0.15, 0.2) is 16.7 Å². The Labute approximate surface area is 209 Å². The van der Waals surface area contributed by atoms with Crippen LogP contribution in [0.25, 0.3) is 11.3 Å². The van der Waals surface area contributed by atoms with Gasteiger partial charge in [0.2, 0.25) is 0 Å². The second-order valence-corrected chi connectivity index (χ2v) is 9.89. The van der Waals surface area contributed by atoms with Gasteiger partial charge in [0.05, 0.1) is 26.5 Å². The molecule has 2 aromatic heterocycles. The van der Waals surface area contributed by atoms with Crippen LogP contribution in [0.1, 0.15) is 31.0 Å². The largest absolute Gasteiger partial charge is 0.493 e. The minimum absolute atomic E-state index is 0.0111. The van der Waals surface area contributed by atoms with Crippen molar-refractivity contribution in [1.82, 2.24) is 14.5 Å². The standard InChI is InChI=1S/C25H28F3N3O4S/c1-4-36(12-6-5-11-32)24-29-19(14-22(30-24)25(26,27)28)18-8-10-23(33)31(16-18)15-17-7-9-20(34-2)21(13-17)35-3/h4,7-10,13-14,16,32H,5-6,11-12,15H2,1-3H3. The van der Waals surface area contributed by atoms with Crippen LogP contribution in [0, 0.1) is 0 Å². The van der Waals surface area contributed by atoms with E-state index in [9.17, 15) is 18.0 Å². The summed E-state index contributed by atoms with van der Waals surface area (Å²) < 4.78 is 53.0. The zero-order valence-electron chi connectivity index (χ0n) is 20.2. The average molecular weight is 524 g/mol. The Hall–Kier alpha value is -3.18. The molecule has 0 saturated carbocycles. The molecule has 1 atom stereocenters. The number of benzene rings is 1. The van der Waals surface area contributed by atoms with E-state index in [1.165, 1.54) is 37.1 Å². The summed E-state index contributed by atoms with van der Waals surface area (Å²) in [5.74, 6) is 1.58. The van der Waals surface area contributed by atoms with Crippen LogP contribution < -0.4 is 15.0 Å². The first-order valence-corrected chi connectivity index (χ1v) is 12.6. The van der Waals surface area contributed by atoms with Crippen molar-refractivity contribution in [2.24, 2.45) is 0 Å². The van der Waals surface area contributed by atoms with Crippen LogP contribution in [0.4, 0.5) is 13.2 Å². The molecule has 1 aromatic carbocycles. The third kappa shape index (κ3) is 6.73. The minimum Gasteiger partial charge on any atom is -0.493 e. The number of rotatable bonds is 10. The molecule has 0 aliphatic carbocycles. The fourth-order valence-electron chi connectivity index (χ4n) is 3.50. The van der Waals surface area contributed by atoms with Crippen molar-refractivity contribution in [3.05, 3.63) is 64.2 Å². The Morgan fingerprint density at radius 3 is 2.44 bits per heavy atom. The summed E-state index contributed by atoms with van der Waals surface area (Å²) >= 11 is 0. The fraction of sp³-hybridized carbons (Fsp3) is 0.360. The maximum Gasteiger partial charge on any atom is 0.433 e. The van der Waals surface area contributed by atoms with Crippen LogP contribution >= 0.6 is 10.5 Å². The number of aliphatic hydroxyl groups excluding tert-OH is 1. The second kappa shape index (κ2) is 12.2. The molecule has 36 heavy (non-hydrogen) atoms. The Morgan fingerprint density at radius 2 is 1.81 bits per heavy atom. The van der Waals surface area contributed by atoms with E-state index in [0.717, 1.165) is 11.6 Å². The van der Waals surface area contributed by atoms with Gasteiger partial charge in [0.25, 0.3) is 5.56 Å². The summed E-state index contributed by atoms with van der Waals surface area (Å²) in [5.41, 5.74) is -0.169. The van der Waals surface area contributed by atoms with E-state index >= 15 is 0 Å². The molecular formula is C25H28F3N3O4S. The van der Waals surface area contributed by atoms with Crippen LogP contribution in [0.2, 0.25) is 0 Å². The summed E-state index contributed by atoms with van der Waals surface area (Å²) in [6.45, 7) is 1.94.